The summed E-state index contributed by atoms with van der Waals surface area (Å²) in [5.41, 5.74) is 20.8. The Bertz CT molecular complexity index is 4900. The van der Waals surface area contributed by atoms with E-state index in [0.29, 0.717) is 0 Å². The Balaban J connectivity index is 0.000000642. The maximum atomic E-state index is 4.38. The molecular weight excluding hydrogens is 1450 g/mol. The molecule has 0 spiro atoms. The van der Waals surface area contributed by atoms with Crippen LogP contribution in [-0.4, -0.2) is 97.7 Å². The summed E-state index contributed by atoms with van der Waals surface area (Å²) in [5, 5.41) is 4.56. The third kappa shape index (κ3) is 31.3. The molecule has 20 heteroatoms. The van der Waals surface area contributed by atoms with Gasteiger partial charge in [-0.1, -0.05) is 149 Å². The van der Waals surface area contributed by atoms with Crippen LogP contribution in [0.15, 0.2) is 239 Å². The summed E-state index contributed by atoms with van der Waals surface area (Å²) < 4.78 is 8.15. The van der Waals surface area contributed by atoms with E-state index in [9.17, 15) is 0 Å². The van der Waals surface area contributed by atoms with Crippen LogP contribution in [0.2, 0.25) is 0 Å². The van der Waals surface area contributed by atoms with Crippen molar-refractivity contribution in [3.05, 3.63) is 301 Å². The van der Waals surface area contributed by atoms with E-state index in [4.69, 9.17) is 0 Å². The van der Waals surface area contributed by atoms with Crippen molar-refractivity contribution in [2.24, 2.45) is 14.1 Å². The van der Waals surface area contributed by atoms with Gasteiger partial charge in [0, 0.05) is 146 Å². The molecule has 0 saturated heterocycles. The van der Waals surface area contributed by atoms with Crippen molar-refractivity contribution in [2.75, 3.05) is 0 Å². The Labute approximate surface area is 698 Å². The number of rotatable bonds is 0. The third-order valence-corrected chi connectivity index (χ3v) is 16.4. The molecular formula is C97H132N20. The molecule has 117 heavy (non-hydrogen) atoms. The van der Waals surface area contributed by atoms with Gasteiger partial charge in [0.15, 0.2) is 5.65 Å². The molecule has 20 nitrogen and oxygen atoms in total. The molecule has 0 fully saturated rings. The van der Waals surface area contributed by atoms with Crippen LogP contribution in [0, 0.1) is 76.2 Å². The summed E-state index contributed by atoms with van der Waals surface area (Å²) >= 11 is 0. The first-order valence-electron chi connectivity index (χ1n) is 41.1. The Morgan fingerprint density at radius 3 is 1.13 bits per heavy atom. The molecule has 0 aliphatic heterocycles. The summed E-state index contributed by atoms with van der Waals surface area (Å²) in [4.78, 5) is 66.9. The molecule has 0 aliphatic carbocycles. The van der Waals surface area contributed by atoms with Crippen molar-refractivity contribution in [3.63, 3.8) is 0 Å². The predicted molar refractivity (Wildman–Crippen MR) is 499 cm³/mol. The van der Waals surface area contributed by atoms with E-state index >= 15 is 0 Å². The zero-order valence-electron chi connectivity index (χ0n) is 76.0. The predicted octanol–water partition coefficient (Wildman–Crippen LogP) is 25.4. The van der Waals surface area contributed by atoms with Gasteiger partial charge in [0.05, 0.1) is 67.2 Å². The average Bonchev–Trinajstić information content (AvgIpc) is 1.74. The highest BCUT2D eigenvalue weighted by atomic mass is 15.1. The summed E-state index contributed by atoms with van der Waals surface area (Å²) in [6.45, 7) is 58.3. The maximum absolute atomic E-state index is 4.38. The van der Waals surface area contributed by atoms with Gasteiger partial charge in [0.2, 0.25) is 11.6 Å². The van der Waals surface area contributed by atoms with Gasteiger partial charge in [-0.15, -0.1) is 0 Å². The first-order chi connectivity index (χ1) is 57.0. The van der Waals surface area contributed by atoms with Gasteiger partial charge in [-0.2, -0.15) is 0 Å². The van der Waals surface area contributed by atoms with Gasteiger partial charge in [-0.25, -0.2) is 39.9 Å². The third-order valence-electron chi connectivity index (χ3n) is 16.4. The minimum Gasteiger partial charge on any atom is -0.331 e. The van der Waals surface area contributed by atoms with Gasteiger partial charge >= 0.3 is 0 Å². The number of aromatic nitrogens is 20. The molecule has 2 aromatic carbocycles. The van der Waals surface area contributed by atoms with Crippen molar-refractivity contribution < 1.29 is 0 Å². The molecule has 620 valence electrons. The number of aryl methyl sites for hydroxylation is 13. The van der Waals surface area contributed by atoms with Crippen LogP contribution in [0.5, 0.6) is 0 Å². The number of hydrogen-bond acceptors (Lipinski definition) is 16. The van der Waals surface area contributed by atoms with Crippen molar-refractivity contribution in [3.8, 4) is 0 Å². The number of hydrogen-bond donors (Lipinski definition) is 0. The topological polar surface area (TPSA) is 225 Å². The molecule has 0 bridgehead atoms. The van der Waals surface area contributed by atoms with Gasteiger partial charge in [-0.3, -0.25) is 48.7 Å². The minimum atomic E-state index is 0.780. The Morgan fingerprint density at radius 2 is 0.650 bits per heavy atom. The molecule has 0 N–H and O–H groups in total. The molecule has 18 rings (SSSR count). The van der Waals surface area contributed by atoms with Gasteiger partial charge in [-0.05, 0) is 213 Å². The molecule has 0 aliphatic rings. The Morgan fingerprint density at radius 1 is 0.248 bits per heavy atom. The highest BCUT2D eigenvalue weighted by Gasteiger charge is 2.06. The first-order valence-corrected chi connectivity index (χ1v) is 41.1. The monoisotopic (exact) mass is 1580 g/mol. The van der Waals surface area contributed by atoms with Crippen LogP contribution in [0.4, 0.5) is 0 Å². The first kappa shape index (κ1) is 102. The number of pyridine rings is 10. The van der Waals surface area contributed by atoms with Crippen LogP contribution < -0.4 is 0 Å². The number of imidazole rings is 4. The number of nitrogens with zero attached hydrogens (tertiary/aromatic N) is 20. The Hall–Kier alpha value is -12.6. The van der Waals surface area contributed by atoms with E-state index < -0.39 is 0 Å². The second-order valence-electron chi connectivity index (χ2n) is 23.1. The average molecular weight is 1580 g/mol. The van der Waals surface area contributed by atoms with Gasteiger partial charge in [0.1, 0.15) is 11.6 Å². The fraction of sp³-hybridized carbons (Fsp3) is 0.320. The molecule has 0 atom stereocenters. The highest BCUT2D eigenvalue weighted by Crippen LogP contribution is 2.19. The van der Waals surface area contributed by atoms with E-state index in [1.54, 1.807) is 68.2 Å². The van der Waals surface area contributed by atoms with E-state index in [-0.39, 0.29) is 0 Å². The van der Waals surface area contributed by atoms with E-state index in [1.807, 2.05) is 361 Å². The standard InChI is InChI=1S/2C9H10N2.5C9H8N2.2C8H9N3.9C2H6/c2*1-7-10-8-5-3-4-6-9(8)11(7)2;1-7-2-5-11-9-3-4-10-6-8(7)9;1-7-2-5-11-9-6-10-4-3-8(7)9;1-7-4-6-10-8-3-2-5-11-9(7)8;1-7-4-6-11-9-8(7)3-2-5-10-9;1-7-5-10-6-8-3-2-4-11-9(7)8;2*1-6-7(2)11-5-3-4-9-8(11)10-6;9*1-2/h2*3-6H,1-2H3;5*2-6H,1H3;2*3-5H,1-2H3;9*1-2H3. The lowest BCUT2D eigenvalue weighted by molar-refractivity contribution is 0.886. The smallest absolute Gasteiger partial charge is 0.234 e. The summed E-state index contributed by atoms with van der Waals surface area (Å²) in [7, 11) is 4.06. The second-order valence-corrected chi connectivity index (χ2v) is 23.1. The highest BCUT2D eigenvalue weighted by molar-refractivity contribution is 5.83. The summed E-state index contributed by atoms with van der Waals surface area (Å²) in [5.74, 6) is 3.68. The van der Waals surface area contributed by atoms with Crippen LogP contribution >= 0.6 is 0 Å². The number of para-hydroxylation sites is 4. The van der Waals surface area contributed by atoms with E-state index in [2.05, 4.69) is 122 Å². The maximum Gasteiger partial charge on any atom is 0.234 e. The van der Waals surface area contributed by atoms with E-state index in [1.165, 1.54) is 38.7 Å². The molecule has 16 heterocycles. The lowest BCUT2D eigenvalue weighted by Gasteiger charge is -1.97. The van der Waals surface area contributed by atoms with Crippen molar-refractivity contribution in [1.82, 2.24) is 97.7 Å². The zero-order chi connectivity index (χ0) is 87.8. The van der Waals surface area contributed by atoms with Gasteiger partial charge in [0.25, 0.3) is 0 Å². The molecule has 0 amide bonds. The van der Waals surface area contributed by atoms with Crippen molar-refractivity contribution in [1.29, 1.82) is 0 Å². The molecule has 16 aromatic heterocycles. The minimum absolute atomic E-state index is 0.780. The summed E-state index contributed by atoms with van der Waals surface area (Å²) in [6, 6.07) is 43.7. The fourth-order valence-electron chi connectivity index (χ4n) is 10.4. The molecule has 0 radical (unpaired) electrons. The van der Waals surface area contributed by atoms with Crippen LogP contribution in [0.1, 0.15) is 187 Å². The van der Waals surface area contributed by atoms with E-state index in [0.717, 1.165) is 112 Å². The van der Waals surface area contributed by atoms with Crippen LogP contribution in [0.3, 0.4) is 0 Å². The fourth-order valence-corrected chi connectivity index (χ4v) is 10.4. The Kier molecular flexibility index (Phi) is 51.8. The lowest BCUT2D eigenvalue weighted by atomic mass is 10.2. The summed E-state index contributed by atoms with van der Waals surface area (Å²) in [6.07, 6.45) is 30.8. The normalized spacial score (nSPS) is 9.32. The lowest BCUT2D eigenvalue weighted by Crippen LogP contribution is -1.89. The second kappa shape index (κ2) is 59.2. The molecule has 0 unspecified atom stereocenters. The molecule has 18 aromatic rings. The largest absolute Gasteiger partial charge is 0.331 e. The quantitative estimate of drug-likeness (QED) is 0.138. The van der Waals surface area contributed by atoms with Crippen molar-refractivity contribution in [2.45, 2.75) is 201 Å². The number of benzene rings is 2. The van der Waals surface area contributed by atoms with Crippen LogP contribution in [0.25, 0.3) is 88.4 Å². The van der Waals surface area contributed by atoms with Crippen LogP contribution in [-0.2, 0) is 14.1 Å². The number of fused-ring (bicyclic) bond motifs is 9. The van der Waals surface area contributed by atoms with Crippen molar-refractivity contribution >= 4 is 88.4 Å². The SMILES string of the molecule is CC.CC.CC.CC.CC.CC.CC.CC.CC.Cc1ccnc2cccnc12.Cc1ccnc2ccncc12.Cc1ccnc2cnccc12.Cc1ccnc2ncccc12.Cc1cncc2cccnc12.Cc1nc2ccccc2n1C.Cc1nc2ccccc2n1C.Cc1nc2ncccn2c1C.Cc1nc2ncccn2c1C. The van der Waals surface area contributed by atoms with Gasteiger partial charge < -0.3 is 9.13 Å². The molecule has 0 saturated carbocycles. The zero-order valence-corrected chi connectivity index (χ0v) is 76.0.